The van der Waals surface area contributed by atoms with Crippen LogP contribution in [0.4, 0.5) is 9.93 Å². The highest BCUT2D eigenvalue weighted by molar-refractivity contribution is 7.14. The van der Waals surface area contributed by atoms with Gasteiger partial charge >= 0.3 is 12.0 Å². The minimum atomic E-state index is -0.956. The van der Waals surface area contributed by atoms with Crippen LogP contribution < -0.4 is 20.1 Å². The summed E-state index contributed by atoms with van der Waals surface area (Å²) in [6.07, 6.45) is -0.871. The number of pyridine rings is 1. The van der Waals surface area contributed by atoms with Crippen LogP contribution in [0.5, 0.6) is 11.5 Å². The van der Waals surface area contributed by atoms with E-state index in [4.69, 9.17) is 25.8 Å². The molecular formula is C31H39N6O6S+. The van der Waals surface area contributed by atoms with Crippen molar-refractivity contribution in [3.05, 3.63) is 34.5 Å². The Morgan fingerprint density at radius 1 is 1.18 bits per heavy atom. The van der Waals surface area contributed by atoms with Crippen molar-refractivity contribution >= 4 is 45.3 Å². The number of rotatable bonds is 10. The van der Waals surface area contributed by atoms with Gasteiger partial charge in [0.2, 0.25) is 5.91 Å². The molecule has 3 aromatic rings. The van der Waals surface area contributed by atoms with E-state index in [1.165, 1.54) is 16.2 Å². The Morgan fingerprint density at radius 3 is 2.57 bits per heavy atom. The summed E-state index contributed by atoms with van der Waals surface area (Å²) in [5.41, 5.74) is 1.16. The van der Waals surface area contributed by atoms with E-state index in [1.54, 1.807) is 40.9 Å². The second-order valence-corrected chi connectivity index (χ2v) is 12.6. The van der Waals surface area contributed by atoms with Crippen LogP contribution in [0.1, 0.15) is 54.4 Å². The molecule has 3 atom stereocenters. The fourth-order valence-electron chi connectivity index (χ4n) is 4.85. The number of alkyl carbamates (subject to hydrolysis) is 1. The number of thiazole rings is 1. The molecule has 234 valence electrons. The number of fused-ring (bicyclic) bond motifs is 1. The Kier molecular flexibility index (Phi) is 9.94. The van der Waals surface area contributed by atoms with Crippen molar-refractivity contribution in [3.8, 4) is 29.5 Å². The van der Waals surface area contributed by atoms with Gasteiger partial charge in [0.15, 0.2) is 11.2 Å². The lowest BCUT2D eigenvalue weighted by Gasteiger charge is -2.26. The highest BCUT2D eigenvalue weighted by Crippen LogP contribution is 2.35. The summed E-state index contributed by atoms with van der Waals surface area (Å²) in [7, 11) is 1.58. The van der Waals surface area contributed by atoms with Crippen LogP contribution in [0.3, 0.4) is 0 Å². The molecule has 2 aromatic heterocycles. The van der Waals surface area contributed by atoms with E-state index in [9.17, 15) is 14.4 Å². The molecule has 0 spiro atoms. The lowest BCUT2D eigenvalue weighted by molar-refractivity contribution is -0.138. The monoisotopic (exact) mass is 623 g/mol. The predicted molar refractivity (Wildman–Crippen MR) is 169 cm³/mol. The van der Waals surface area contributed by atoms with Gasteiger partial charge in [-0.15, -0.1) is 11.3 Å². The zero-order valence-corrected chi connectivity index (χ0v) is 26.9. The fourth-order valence-corrected chi connectivity index (χ4v) is 5.70. The molecule has 3 heterocycles. The summed E-state index contributed by atoms with van der Waals surface area (Å²) in [5.74, 6) is 0.0241. The van der Waals surface area contributed by atoms with E-state index in [1.807, 2.05) is 37.4 Å². The highest BCUT2D eigenvalue weighted by Gasteiger charge is 2.47. The first-order valence-corrected chi connectivity index (χ1v) is 15.3. The van der Waals surface area contributed by atoms with Gasteiger partial charge in [-0.3, -0.25) is 4.79 Å². The van der Waals surface area contributed by atoms with Crippen molar-refractivity contribution in [1.82, 2.24) is 20.2 Å². The molecule has 0 bridgehead atoms. The molecule has 2 N–H and O–H groups in total. The molecule has 4 rings (SSSR count). The van der Waals surface area contributed by atoms with Gasteiger partial charge in [0.05, 0.1) is 24.9 Å². The topological polar surface area (TPSA) is 136 Å². The van der Waals surface area contributed by atoms with Gasteiger partial charge in [0, 0.05) is 40.2 Å². The van der Waals surface area contributed by atoms with Crippen LogP contribution in [0.15, 0.2) is 29.6 Å². The molecular weight excluding hydrogens is 584 g/mol. The minimum Gasteiger partial charge on any atom is -0.497 e. The maximum Gasteiger partial charge on any atom is 0.537 e. The van der Waals surface area contributed by atoms with Gasteiger partial charge in [-0.2, -0.15) is 4.79 Å². The second-order valence-electron chi connectivity index (χ2n) is 11.8. The van der Waals surface area contributed by atoms with Gasteiger partial charge in [-0.05, 0) is 53.2 Å². The Balaban J connectivity index is 1.64. The summed E-state index contributed by atoms with van der Waals surface area (Å²) in [6.45, 7) is 16.5. The van der Waals surface area contributed by atoms with Crippen LogP contribution in [0, 0.1) is 6.57 Å². The van der Waals surface area contributed by atoms with Crippen LogP contribution in [0.2, 0.25) is 0 Å². The fraction of sp³-hybridized carbons (Fsp3) is 0.484. The van der Waals surface area contributed by atoms with Gasteiger partial charge in [-0.1, -0.05) is 6.92 Å². The maximum absolute atomic E-state index is 13.6. The van der Waals surface area contributed by atoms with Crippen LogP contribution in [0.25, 0.3) is 27.1 Å². The van der Waals surface area contributed by atoms with E-state index in [0.29, 0.717) is 28.4 Å². The molecule has 1 aliphatic heterocycles. The summed E-state index contributed by atoms with van der Waals surface area (Å²) < 4.78 is 17.3. The number of anilines is 1. The van der Waals surface area contributed by atoms with Gasteiger partial charge in [-0.25, -0.2) is 14.8 Å². The van der Waals surface area contributed by atoms with E-state index in [2.05, 4.69) is 20.5 Å². The number of ether oxygens (including phenoxy) is 3. The summed E-state index contributed by atoms with van der Waals surface area (Å²) in [5, 5.41) is 9.33. The lowest BCUT2D eigenvalue weighted by atomic mass is 10.1. The number of carbonyl (C=O) groups is 3. The van der Waals surface area contributed by atoms with E-state index < -0.39 is 41.7 Å². The largest absolute Gasteiger partial charge is 0.537 e. The number of nitrogens with zero attached hydrogens (tertiary/aromatic N) is 4. The molecule has 3 amide bonds. The third kappa shape index (κ3) is 7.74. The van der Waals surface area contributed by atoms with Gasteiger partial charge in [0.1, 0.15) is 34.9 Å². The average molecular weight is 624 g/mol. The molecule has 0 unspecified atom stereocenters. The summed E-state index contributed by atoms with van der Waals surface area (Å²) in [4.78, 5) is 53.1. The number of methoxy groups -OCH3 is 1. The molecule has 0 radical (unpaired) electrons. The molecule has 12 nitrogen and oxygen atoms in total. The molecule has 1 aromatic carbocycles. The first kappa shape index (κ1) is 32.5. The number of hydrogen-bond donors (Lipinski definition) is 2. The number of hydrogen-bond acceptors (Lipinski definition) is 10. The molecule has 0 aliphatic carbocycles. The third-order valence-electron chi connectivity index (χ3n) is 6.81. The van der Waals surface area contributed by atoms with Gasteiger partial charge < -0.3 is 29.7 Å². The Labute approximate surface area is 260 Å². The number of amides is 3. The number of nitrogens with one attached hydrogen (secondary N) is 2. The first-order chi connectivity index (χ1) is 20.8. The molecule has 1 fully saturated rings. The molecule has 1 saturated heterocycles. The molecule has 44 heavy (non-hydrogen) atoms. The van der Waals surface area contributed by atoms with Crippen molar-refractivity contribution in [2.45, 2.75) is 84.2 Å². The van der Waals surface area contributed by atoms with E-state index in [0.717, 1.165) is 10.5 Å². The first-order valence-electron chi connectivity index (χ1n) is 14.4. The highest BCUT2D eigenvalue weighted by atomic mass is 32.1. The van der Waals surface area contributed by atoms with Gasteiger partial charge in [0.25, 0.3) is 6.57 Å². The normalized spacial score (nSPS) is 17.2. The maximum atomic E-state index is 13.6. The van der Waals surface area contributed by atoms with Crippen LogP contribution in [-0.2, 0) is 14.3 Å². The zero-order valence-electron chi connectivity index (χ0n) is 26.0. The van der Waals surface area contributed by atoms with Crippen molar-refractivity contribution in [2.75, 3.05) is 19.0 Å². The number of benzene rings is 1. The van der Waals surface area contributed by atoms with Crippen LogP contribution in [-0.4, -0.2) is 76.3 Å². The zero-order chi connectivity index (χ0) is 32.2. The number of likely N-dealkylation sites (tertiary alicyclic amines) is 1. The van der Waals surface area contributed by atoms with Crippen molar-refractivity contribution in [1.29, 1.82) is 0 Å². The summed E-state index contributed by atoms with van der Waals surface area (Å²) in [6, 6.07) is 5.61. The third-order valence-corrected chi connectivity index (χ3v) is 7.58. The average Bonchev–Trinajstić information content (AvgIpc) is 3.60. The Hall–Kier alpha value is -4.44. The lowest BCUT2D eigenvalue weighted by Crippen LogP contribution is -2.52. The second kappa shape index (κ2) is 13.5. The molecule has 13 heteroatoms. The van der Waals surface area contributed by atoms with Crippen molar-refractivity contribution < 1.29 is 28.6 Å². The quantitative estimate of drug-likeness (QED) is 0.307. The standard InChI is InChI=1S/C31H38N6O6S/c1-9-21(36-30(40)43-31(4,5)6)28(39)37-15-19(13-25(37)27(38)32-7)42-26-14-23(24-16-44-29(35-24)33-17(2)3)34-22-12-18(41-8)10-11-20(22)26/h7,10-12,14,16-17,19,21,25H,9,13,15H2,1-6,8H3,(H-,33,35,36,40)/p+1/t19-,21+,25+/m1/s1. The van der Waals surface area contributed by atoms with Crippen molar-refractivity contribution in [3.63, 3.8) is 0 Å². The van der Waals surface area contributed by atoms with Crippen LogP contribution >= 0.6 is 11.3 Å². The smallest absolute Gasteiger partial charge is 0.497 e. The Morgan fingerprint density at radius 2 is 1.93 bits per heavy atom. The minimum absolute atomic E-state index is 0.0751. The molecule has 0 saturated carbocycles. The number of carbonyl (C=O) groups excluding carboxylic acids is 3. The predicted octanol–water partition coefficient (Wildman–Crippen LogP) is 5.33. The SMILES string of the molecule is C#[N+]C(=O)[C@@H]1C[C@@H](Oc2cc(-c3csc(NC(C)C)n3)nc3cc(OC)ccc23)CN1C(=O)[C@H](CC)NC(=O)OC(C)(C)C. The van der Waals surface area contributed by atoms with Crippen molar-refractivity contribution in [2.24, 2.45) is 0 Å². The number of aromatic nitrogens is 2. The van der Waals surface area contributed by atoms with E-state index in [-0.39, 0.29) is 25.4 Å². The Bertz CT molecular complexity index is 1580. The molecule has 1 aliphatic rings. The van der Waals surface area contributed by atoms with E-state index >= 15 is 0 Å². The summed E-state index contributed by atoms with van der Waals surface area (Å²) >= 11 is 1.48.